The lowest BCUT2D eigenvalue weighted by Crippen LogP contribution is -2.03. The Morgan fingerprint density at radius 2 is 2.16 bits per heavy atom. The predicted octanol–water partition coefficient (Wildman–Crippen LogP) is 4.82. The van der Waals surface area contributed by atoms with E-state index in [0.717, 1.165) is 27.8 Å². The van der Waals surface area contributed by atoms with E-state index in [4.69, 9.17) is 0 Å². The molecule has 102 valence electrons. The fraction of sp³-hybridized carbons (Fsp3) is 0.533. The van der Waals surface area contributed by atoms with Crippen molar-refractivity contribution in [1.29, 1.82) is 0 Å². The highest BCUT2D eigenvalue weighted by Gasteiger charge is 2.14. The minimum Gasteiger partial charge on any atom is -0.361 e. The summed E-state index contributed by atoms with van der Waals surface area (Å²) in [7, 11) is 0. The number of anilines is 1. The molecule has 1 saturated carbocycles. The van der Waals surface area contributed by atoms with Crippen molar-refractivity contribution in [3.05, 3.63) is 24.0 Å². The first-order chi connectivity index (χ1) is 9.31. The number of aromatic nitrogens is 1. The zero-order chi connectivity index (χ0) is 13.1. The molecule has 2 aromatic rings. The molecular weight excluding hydrogens is 259 g/mol. The molecule has 2 nitrogen and oxygen atoms in total. The first kappa shape index (κ1) is 12.9. The second-order valence-corrected chi connectivity index (χ2v) is 6.38. The first-order valence-electron chi connectivity index (χ1n) is 7.11. The van der Waals surface area contributed by atoms with Crippen molar-refractivity contribution in [1.82, 2.24) is 4.98 Å². The Morgan fingerprint density at radius 1 is 1.32 bits per heavy atom. The number of halogens is 1. The summed E-state index contributed by atoms with van der Waals surface area (Å²) in [5, 5.41) is 4.27. The molecule has 0 saturated heterocycles. The van der Waals surface area contributed by atoms with Gasteiger partial charge in [0.25, 0.3) is 0 Å². The predicted molar refractivity (Wildman–Crippen MR) is 79.3 cm³/mol. The van der Waals surface area contributed by atoms with Gasteiger partial charge in [-0.3, -0.25) is 0 Å². The number of benzene rings is 1. The van der Waals surface area contributed by atoms with Gasteiger partial charge in [0.1, 0.15) is 5.82 Å². The molecule has 0 unspecified atom stereocenters. The SMILES string of the molecule is Fc1ccc2sc(NCCCC3CCCC3)nc2c1. The van der Waals surface area contributed by atoms with Crippen LogP contribution in [0.25, 0.3) is 10.2 Å². The summed E-state index contributed by atoms with van der Waals surface area (Å²) >= 11 is 1.60. The third kappa shape index (κ3) is 3.24. The molecule has 0 atom stereocenters. The topological polar surface area (TPSA) is 24.9 Å². The Kier molecular flexibility index (Phi) is 3.97. The molecule has 4 heteroatoms. The maximum atomic E-state index is 13.1. The van der Waals surface area contributed by atoms with Gasteiger partial charge in [-0.05, 0) is 30.9 Å². The van der Waals surface area contributed by atoms with Crippen LogP contribution in [0.5, 0.6) is 0 Å². The monoisotopic (exact) mass is 278 g/mol. The zero-order valence-corrected chi connectivity index (χ0v) is 11.8. The molecule has 1 aromatic heterocycles. The number of nitrogens with zero attached hydrogens (tertiary/aromatic N) is 1. The minimum absolute atomic E-state index is 0.217. The van der Waals surface area contributed by atoms with Gasteiger partial charge >= 0.3 is 0 Å². The van der Waals surface area contributed by atoms with Crippen molar-refractivity contribution in [2.45, 2.75) is 38.5 Å². The van der Waals surface area contributed by atoms with Gasteiger partial charge < -0.3 is 5.32 Å². The van der Waals surface area contributed by atoms with Crippen LogP contribution in [0.2, 0.25) is 0 Å². The quantitative estimate of drug-likeness (QED) is 0.793. The Hall–Kier alpha value is -1.16. The summed E-state index contributed by atoms with van der Waals surface area (Å²) in [6.07, 6.45) is 8.20. The summed E-state index contributed by atoms with van der Waals surface area (Å²) in [5.41, 5.74) is 0.753. The second-order valence-electron chi connectivity index (χ2n) is 5.35. The molecule has 1 fully saturated rings. The lowest BCUT2D eigenvalue weighted by atomic mass is 10.0. The van der Waals surface area contributed by atoms with Gasteiger partial charge in [0.05, 0.1) is 10.2 Å². The molecule has 1 aliphatic rings. The number of rotatable bonds is 5. The van der Waals surface area contributed by atoms with Crippen molar-refractivity contribution in [3.8, 4) is 0 Å². The average molecular weight is 278 g/mol. The third-order valence-electron chi connectivity index (χ3n) is 3.89. The number of hydrogen-bond donors (Lipinski definition) is 1. The normalized spacial score (nSPS) is 16.3. The van der Waals surface area contributed by atoms with Crippen molar-refractivity contribution in [2.75, 3.05) is 11.9 Å². The van der Waals surface area contributed by atoms with E-state index < -0.39 is 0 Å². The van der Waals surface area contributed by atoms with Crippen molar-refractivity contribution in [3.63, 3.8) is 0 Å². The van der Waals surface area contributed by atoms with Gasteiger partial charge in [-0.1, -0.05) is 37.0 Å². The molecule has 0 radical (unpaired) electrons. The zero-order valence-electron chi connectivity index (χ0n) is 11.0. The van der Waals surface area contributed by atoms with E-state index in [9.17, 15) is 4.39 Å². The van der Waals surface area contributed by atoms with Gasteiger partial charge in [0.2, 0.25) is 0 Å². The fourth-order valence-corrected chi connectivity index (χ4v) is 3.73. The molecule has 0 aliphatic heterocycles. The van der Waals surface area contributed by atoms with Gasteiger partial charge in [-0.2, -0.15) is 0 Å². The highest BCUT2D eigenvalue weighted by molar-refractivity contribution is 7.22. The van der Waals surface area contributed by atoms with Crippen LogP contribution in [0.15, 0.2) is 18.2 Å². The van der Waals surface area contributed by atoms with E-state index in [2.05, 4.69) is 10.3 Å². The Morgan fingerprint density at radius 3 is 3.00 bits per heavy atom. The van der Waals surface area contributed by atoms with Crippen LogP contribution in [0, 0.1) is 11.7 Å². The maximum Gasteiger partial charge on any atom is 0.183 e. The van der Waals surface area contributed by atoms with Crippen LogP contribution in [-0.4, -0.2) is 11.5 Å². The third-order valence-corrected chi connectivity index (χ3v) is 4.88. The van der Waals surface area contributed by atoms with Crippen molar-refractivity contribution >= 4 is 26.7 Å². The maximum absolute atomic E-state index is 13.1. The largest absolute Gasteiger partial charge is 0.361 e. The van der Waals surface area contributed by atoms with Gasteiger partial charge in [0.15, 0.2) is 5.13 Å². The van der Waals surface area contributed by atoms with Crippen LogP contribution in [0.1, 0.15) is 38.5 Å². The number of hydrogen-bond acceptors (Lipinski definition) is 3. The molecule has 1 N–H and O–H groups in total. The van der Waals surface area contributed by atoms with Crippen LogP contribution in [0.3, 0.4) is 0 Å². The van der Waals surface area contributed by atoms with Gasteiger partial charge in [0, 0.05) is 12.6 Å². The standard InChI is InChI=1S/C15H19FN2S/c16-12-7-8-14-13(10-12)18-15(19-14)17-9-3-6-11-4-1-2-5-11/h7-8,10-11H,1-6,9H2,(H,17,18). The van der Waals surface area contributed by atoms with E-state index in [0.29, 0.717) is 0 Å². The highest BCUT2D eigenvalue weighted by atomic mass is 32.1. The van der Waals surface area contributed by atoms with Crippen LogP contribution in [-0.2, 0) is 0 Å². The van der Waals surface area contributed by atoms with Crippen LogP contribution in [0.4, 0.5) is 9.52 Å². The first-order valence-corrected chi connectivity index (χ1v) is 7.93. The van der Waals surface area contributed by atoms with Gasteiger partial charge in [-0.15, -0.1) is 0 Å². The van der Waals surface area contributed by atoms with E-state index in [1.54, 1.807) is 17.4 Å². The summed E-state index contributed by atoms with van der Waals surface area (Å²) < 4.78 is 14.1. The second kappa shape index (κ2) is 5.87. The molecule has 1 aromatic carbocycles. The Bertz CT molecular complexity index is 546. The van der Waals surface area contributed by atoms with Crippen molar-refractivity contribution in [2.24, 2.45) is 5.92 Å². The van der Waals surface area contributed by atoms with E-state index >= 15 is 0 Å². The molecule has 19 heavy (non-hydrogen) atoms. The fourth-order valence-electron chi connectivity index (χ4n) is 2.86. The van der Waals surface area contributed by atoms with Crippen molar-refractivity contribution < 1.29 is 4.39 Å². The van der Waals surface area contributed by atoms with E-state index in [-0.39, 0.29) is 5.82 Å². The number of fused-ring (bicyclic) bond motifs is 1. The Balaban J connectivity index is 1.50. The highest BCUT2D eigenvalue weighted by Crippen LogP contribution is 2.29. The summed E-state index contributed by atoms with van der Waals surface area (Å²) in [6, 6.07) is 4.78. The molecule has 0 amide bonds. The summed E-state index contributed by atoms with van der Waals surface area (Å²) in [5.74, 6) is 0.733. The average Bonchev–Trinajstić information content (AvgIpc) is 3.02. The smallest absolute Gasteiger partial charge is 0.183 e. The van der Waals surface area contributed by atoms with E-state index in [1.165, 1.54) is 50.7 Å². The number of thiazole rings is 1. The van der Waals surface area contributed by atoms with Crippen LogP contribution >= 0.6 is 11.3 Å². The molecule has 1 aliphatic carbocycles. The van der Waals surface area contributed by atoms with E-state index in [1.807, 2.05) is 0 Å². The van der Waals surface area contributed by atoms with Gasteiger partial charge in [-0.25, -0.2) is 9.37 Å². The molecular formula is C15H19FN2S. The van der Waals surface area contributed by atoms with Crippen LogP contribution < -0.4 is 5.32 Å². The lowest BCUT2D eigenvalue weighted by molar-refractivity contribution is 0.491. The molecule has 0 spiro atoms. The summed E-state index contributed by atoms with van der Waals surface area (Å²) in [4.78, 5) is 4.41. The Labute approximate surface area is 117 Å². The summed E-state index contributed by atoms with van der Waals surface area (Å²) in [6.45, 7) is 0.971. The minimum atomic E-state index is -0.217. The molecule has 0 bridgehead atoms. The lowest BCUT2D eigenvalue weighted by Gasteiger charge is -2.08. The molecule has 1 heterocycles. The number of nitrogens with one attached hydrogen (secondary N) is 1. The molecule has 3 rings (SSSR count).